The molecule has 10 rings (SSSR count). The number of urea groups is 3. The van der Waals surface area contributed by atoms with E-state index in [1.54, 1.807) is 33.3 Å². The lowest BCUT2D eigenvalue weighted by atomic mass is 9.93. The van der Waals surface area contributed by atoms with Crippen LogP contribution in [0.3, 0.4) is 0 Å². The molecule has 18 nitrogen and oxygen atoms in total. The van der Waals surface area contributed by atoms with E-state index in [4.69, 9.17) is 0 Å². The molecule has 1 unspecified atom stereocenters. The number of carbonyl (C=O) groups excluding carboxylic acids is 3. The number of carbonyl (C=O) groups is 3. The van der Waals surface area contributed by atoms with Crippen molar-refractivity contribution in [2.24, 2.45) is 0 Å². The number of aryl methyl sites for hydroxylation is 3. The molecule has 6 heterocycles. The lowest BCUT2D eigenvalue weighted by molar-refractivity contribution is 0.126. The maximum atomic E-state index is 12.6. The predicted molar refractivity (Wildman–Crippen MR) is 261 cm³/mol. The second kappa shape index (κ2) is 20.6. The number of hydrogen-bond donors (Lipinski definition) is 5. The number of para-hydroxylation sites is 3. The Bertz CT molecular complexity index is 2840. The summed E-state index contributed by atoms with van der Waals surface area (Å²) in [6.07, 6.45) is 11.8. The fourth-order valence-electron chi connectivity index (χ4n) is 7.98. The Labute approximate surface area is 394 Å². The Morgan fingerprint density at radius 3 is 1.48 bits per heavy atom. The van der Waals surface area contributed by atoms with E-state index in [2.05, 4.69) is 51.2 Å². The maximum absolute atomic E-state index is 12.6. The Hall–Kier alpha value is -7.03. The number of amides is 6. The second-order valence-electron chi connectivity index (χ2n) is 16.3. The van der Waals surface area contributed by atoms with Crippen LogP contribution in [0, 0.1) is 20.8 Å². The lowest BCUT2D eigenvalue weighted by Gasteiger charge is -2.30. The number of thioether (sulfide) groups is 1. The van der Waals surface area contributed by atoms with Crippen molar-refractivity contribution in [2.75, 3.05) is 48.5 Å². The monoisotopic (exact) mass is 941 g/mol. The van der Waals surface area contributed by atoms with Crippen molar-refractivity contribution in [3.05, 3.63) is 125 Å². The molecule has 0 radical (unpaired) electrons. The third-order valence-electron chi connectivity index (χ3n) is 11.6. The van der Waals surface area contributed by atoms with Crippen LogP contribution in [0.25, 0.3) is 0 Å². The van der Waals surface area contributed by atoms with Crippen LogP contribution in [0.5, 0.6) is 0 Å². The van der Waals surface area contributed by atoms with Gasteiger partial charge < -0.3 is 10.4 Å². The number of aromatic nitrogens is 6. The highest BCUT2D eigenvalue weighted by Gasteiger charge is 2.30. The summed E-state index contributed by atoms with van der Waals surface area (Å²) in [7, 11) is -1.27. The fourth-order valence-corrected chi connectivity index (χ4v) is 8.75. The van der Waals surface area contributed by atoms with Crippen LogP contribution in [0.1, 0.15) is 59.1 Å². The molecule has 67 heavy (non-hydrogen) atoms. The summed E-state index contributed by atoms with van der Waals surface area (Å²) in [4.78, 5) is 67.8. The molecule has 1 atom stereocenters. The summed E-state index contributed by atoms with van der Waals surface area (Å²) in [5.74, 6) is 2.13. The van der Waals surface area contributed by atoms with Crippen molar-refractivity contribution in [3.63, 3.8) is 0 Å². The molecule has 3 aromatic heterocycles. The quantitative estimate of drug-likeness (QED) is 0.0753. The molecular weight excluding hydrogens is 891 g/mol. The van der Waals surface area contributed by atoms with E-state index in [0.717, 1.165) is 76.1 Å². The summed E-state index contributed by atoms with van der Waals surface area (Å²) in [5.41, 5.74) is 8.38. The Morgan fingerprint density at radius 1 is 0.612 bits per heavy atom. The average Bonchev–Trinajstić information content (AvgIpc) is 3.32. The molecule has 20 heteroatoms. The average molecular weight is 942 g/mol. The van der Waals surface area contributed by atoms with Crippen molar-refractivity contribution in [2.45, 2.75) is 88.5 Å². The number of anilines is 7. The van der Waals surface area contributed by atoms with Gasteiger partial charge in [-0.3, -0.25) is 34.9 Å². The number of hydrogen-bond acceptors (Lipinski definition) is 13. The smallest absolute Gasteiger partial charge is 0.327 e. The molecule has 6 amide bonds. The molecule has 1 fully saturated rings. The Balaban J connectivity index is 0.000000138. The molecule has 6 aromatic rings. The van der Waals surface area contributed by atoms with Crippen LogP contribution in [0.2, 0.25) is 0 Å². The molecule has 3 aliphatic heterocycles. The van der Waals surface area contributed by atoms with Gasteiger partial charge in [-0.2, -0.15) is 4.98 Å². The van der Waals surface area contributed by atoms with Crippen LogP contribution < -0.4 is 36.0 Å². The Kier molecular flexibility index (Phi) is 14.3. The van der Waals surface area contributed by atoms with E-state index in [-0.39, 0.29) is 35.4 Å². The number of fused-ring (bicyclic) bond motifs is 3. The van der Waals surface area contributed by atoms with Gasteiger partial charge in [0.25, 0.3) is 0 Å². The highest BCUT2D eigenvalue weighted by Crippen LogP contribution is 2.32. The molecule has 1 aliphatic carbocycles. The minimum Gasteiger partial charge on any atom is -0.393 e. The molecule has 5 N–H and O–H groups in total. The highest BCUT2D eigenvalue weighted by atomic mass is 32.2. The normalized spacial score (nSPS) is 17.7. The van der Waals surface area contributed by atoms with Crippen LogP contribution in [0.4, 0.5) is 54.8 Å². The van der Waals surface area contributed by atoms with Gasteiger partial charge >= 0.3 is 18.1 Å². The summed E-state index contributed by atoms with van der Waals surface area (Å²) in [5, 5.41) is 22.3. The summed E-state index contributed by atoms with van der Waals surface area (Å²) in [6, 6.07) is 23.0. The molecule has 1 saturated carbocycles. The van der Waals surface area contributed by atoms with E-state index in [0.29, 0.717) is 48.2 Å². The molecule has 0 bridgehead atoms. The van der Waals surface area contributed by atoms with Crippen LogP contribution >= 0.6 is 11.8 Å². The molecule has 0 spiro atoms. The van der Waals surface area contributed by atoms with Gasteiger partial charge in [-0.25, -0.2) is 39.3 Å². The zero-order valence-corrected chi connectivity index (χ0v) is 39.3. The topological polar surface area (TPSA) is 224 Å². The number of aliphatic hydroxyl groups is 1. The van der Waals surface area contributed by atoms with Crippen LogP contribution in [0.15, 0.2) is 102 Å². The standard InChI is InChI=1S/C19H23N5O2.C14H14N4O2S.C14H14N4OS/c1-12-4-2-3-5-16(12)24-11-13-10-20-18(22-17(13)23-19(24)26)21-14-6-8-15(25)9-7-14;1-9-5-3-4-6-11(9)18-8-10-7-15-13(21(2)20)16-12(10)17-14(18)19;1-9-5-3-4-6-11(9)18-8-10-7-15-13(20-2)16-12(10)17-14(18)19/h2-5,10,14-15,25H,6-9,11H2,1H3,(H2,20,21,22,23,26);3-7H,8H2,1-2H3,(H,15,16,17,19);3-7H,8H2,1-2H3,(H,15,16,17,19). The van der Waals surface area contributed by atoms with Gasteiger partial charge in [-0.1, -0.05) is 66.4 Å². The van der Waals surface area contributed by atoms with Gasteiger partial charge in [-0.15, -0.1) is 0 Å². The molecule has 0 saturated heterocycles. The number of rotatable bonds is 7. The third kappa shape index (κ3) is 10.8. The number of nitrogens with zero attached hydrogens (tertiary/aromatic N) is 9. The van der Waals surface area contributed by atoms with Gasteiger partial charge in [0, 0.05) is 64.6 Å². The van der Waals surface area contributed by atoms with Gasteiger partial charge in [0.2, 0.25) is 11.1 Å². The van der Waals surface area contributed by atoms with Crippen LogP contribution in [-0.4, -0.2) is 82.0 Å². The zero-order valence-electron chi connectivity index (χ0n) is 37.7. The second-order valence-corrected chi connectivity index (χ2v) is 18.4. The summed E-state index contributed by atoms with van der Waals surface area (Å²) < 4.78 is 11.4. The van der Waals surface area contributed by atoms with Crippen molar-refractivity contribution in [1.82, 2.24) is 29.9 Å². The van der Waals surface area contributed by atoms with Gasteiger partial charge in [0.1, 0.15) is 17.5 Å². The van der Waals surface area contributed by atoms with E-state index >= 15 is 0 Å². The molecular formula is C47H51N13O5S2. The summed E-state index contributed by atoms with van der Waals surface area (Å²) >= 11 is 1.46. The molecule has 346 valence electrons. The first-order chi connectivity index (χ1) is 32.3. The molecule has 3 aromatic carbocycles. The minimum atomic E-state index is -1.27. The number of aliphatic hydroxyl groups excluding tert-OH is 1. The zero-order chi connectivity index (χ0) is 47.2. The lowest BCUT2D eigenvalue weighted by Crippen LogP contribution is -2.39. The van der Waals surface area contributed by atoms with E-state index in [1.807, 2.05) is 99.8 Å². The van der Waals surface area contributed by atoms with E-state index in [9.17, 15) is 23.7 Å². The largest absolute Gasteiger partial charge is 0.393 e. The maximum Gasteiger partial charge on any atom is 0.327 e. The van der Waals surface area contributed by atoms with Crippen molar-refractivity contribution in [1.29, 1.82) is 0 Å². The first kappa shape index (κ1) is 46.5. The minimum absolute atomic E-state index is 0.155. The van der Waals surface area contributed by atoms with Gasteiger partial charge in [0.05, 0.1) is 36.5 Å². The number of benzene rings is 3. The van der Waals surface area contributed by atoms with Crippen molar-refractivity contribution in [3.8, 4) is 0 Å². The highest BCUT2D eigenvalue weighted by molar-refractivity contribution is 7.98. The fraction of sp³-hybridized carbons (Fsp3) is 0.298. The Morgan fingerprint density at radius 2 is 1.03 bits per heavy atom. The molecule has 4 aliphatic rings. The number of nitrogens with one attached hydrogen (secondary N) is 4. The van der Waals surface area contributed by atoms with Gasteiger partial charge in [0.15, 0.2) is 5.16 Å². The SMILES string of the molecule is CSc1ncc2c(n1)NC(=O)N(c1ccccc1C)C2.Cc1ccccc1N1Cc2cnc(NC3CCC(O)CC3)nc2NC1=O.Cc1ccccc1N1Cc2cnc(S(C)=O)nc2NC1=O. The van der Waals surface area contributed by atoms with Crippen LogP contribution in [-0.2, 0) is 30.4 Å². The third-order valence-corrected chi connectivity index (χ3v) is 12.9. The summed E-state index contributed by atoms with van der Waals surface area (Å²) in [6.45, 7) is 7.26. The first-order valence-corrected chi connectivity index (χ1v) is 24.5. The van der Waals surface area contributed by atoms with Crippen molar-refractivity contribution >= 4 is 81.1 Å². The van der Waals surface area contributed by atoms with E-state index < -0.39 is 10.8 Å². The first-order valence-electron chi connectivity index (χ1n) is 21.7. The van der Waals surface area contributed by atoms with E-state index in [1.165, 1.54) is 18.0 Å². The predicted octanol–water partition coefficient (Wildman–Crippen LogP) is 8.19. The van der Waals surface area contributed by atoms with Crippen molar-refractivity contribution < 1.29 is 23.7 Å². The van der Waals surface area contributed by atoms with Gasteiger partial charge in [-0.05, 0) is 87.6 Å².